The second-order valence-corrected chi connectivity index (χ2v) is 4.95. The Labute approximate surface area is 111 Å². The number of nitrogens with zero attached hydrogens (tertiary/aromatic N) is 2. The number of hydrogen-bond donors (Lipinski definition) is 2. The molecule has 0 aliphatic carbocycles. The molecule has 6 heteroatoms. The minimum absolute atomic E-state index is 0.0634. The fourth-order valence-electron chi connectivity index (χ4n) is 1.61. The first-order chi connectivity index (χ1) is 8.58. The van der Waals surface area contributed by atoms with Crippen molar-refractivity contribution in [3.63, 3.8) is 0 Å². The normalized spacial score (nSPS) is 13.3. The van der Waals surface area contributed by atoms with E-state index in [1.165, 1.54) is 0 Å². The topological polar surface area (TPSA) is 78.9 Å². The number of amidine groups is 1. The molecule has 1 unspecified atom stereocenters. The van der Waals surface area contributed by atoms with Crippen molar-refractivity contribution in [1.29, 1.82) is 0 Å². The molecular weight excluding hydrogens is 250 g/mol. The van der Waals surface area contributed by atoms with E-state index >= 15 is 0 Å². The first-order valence-electron chi connectivity index (χ1n) is 5.84. The Morgan fingerprint density at radius 1 is 1.67 bits per heavy atom. The number of rotatable bonds is 6. The summed E-state index contributed by atoms with van der Waals surface area (Å²) in [6, 6.07) is 1.95. The van der Waals surface area contributed by atoms with E-state index < -0.39 is 0 Å². The van der Waals surface area contributed by atoms with Gasteiger partial charge in [-0.15, -0.1) is 0 Å². The molecule has 1 amide bonds. The fourth-order valence-corrected chi connectivity index (χ4v) is 2.28. The van der Waals surface area contributed by atoms with Gasteiger partial charge in [-0.2, -0.15) is 11.3 Å². The van der Waals surface area contributed by atoms with Crippen molar-refractivity contribution in [3.8, 4) is 0 Å². The average Bonchev–Trinajstić information content (AvgIpc) is 2.87. The highest BCUT2D eigenvalue weighted by atomic mass is 32.1. The van der Waals surface area contributed by atoms with Gasteiger partial charge in [0.15, 0.2) is 0 Å². The van der Waals surface area contributed by atoms with Crippen LogP contribution in [0.15, 0.2) is 22.0 Å². The summed E-state index contributed by atoms with van der Waals surface area (Å²) in [5, 5.41) is 15.5. The molecule has 0 aliphatic heterocycles. The van der Waals surface area contributed by atoms with Crippen molar-refractivity contribution in [1.82, 2.24) is 4.90 Å². The summed E-state index contributed by atoms with van der Waals surface area (Å²) < 4.78 is 0. The maximum atomic E-state index is 12.1. The summed E-state index contributed by atoms with van der Waals surface area (Å²) >= 11 is 1.58. The van der Waals surface area contributed by atoms with Crippen LogP contribution in [0.2, 0.25) is 0 Å². The zero-order chi connectivity index (χ0) is 13.5. The largest absolute Gasteiger partial charge is 0.409 e. The van der Waals surface area contributed by atoms with Gasteiger partial charge in [0.25, 0.3) is 0 Å². The maximum absolute atomic E-state index is 12.1. The Kier molecular flexibility index (Phi) is 5.64. The monoisotopic (exact) mass is 269 g/mol. The van der Waals surface area contributed by atoms with Crippen molar-refractivity contribution < 1.29 is 10.0 Å². The summed E-state index contributed by atoms with van der Waals surface area (Å²) in [6.45, 7) is 4.83. The highest BCUT2D eigenvalue weighted by Gasteiger charge is 2.17. The molecule has 0 spiro atoms. The van der Waals surface area contributed by atoms with Crippen LogP contribution in [0.3, 0.4) is 0 Å². The first-order valence-corrected chi connectivity index (χ1v) is 6.79. The molecule has 5 nitrogen and oxygen atoms in total. The van der Waals surface area contributed by atoms with E-state index in [2.05, 4.69) is 5.16 Å². The second-order valence-electron chi connectivity index (χ2n) is 4.17. The highest BCUT2D eigenvalue weighted by molar-refractivity contribution is 7.07. The van der Waals surface area contributed by atoms with Gasteiger partial charge >= 0.3 is 0 Å². The minimum Gasteiger partial charge on any atom is -0.409 e. The molecule has 0 saturated heterocycles. The van der Waals surface area contributed by atoms with Crippen molar-refractivity contribution in [2.24, 2.45) is 16.8 Å². The van der Waals surface area contributed by atoms with E-state index in [-0.39, 0.29) is 17.7 Å². The quantitative estimate of drug-likeness (QED) is 0.356. The van der Waals surface area contributed by atoms with E-state index in [4.69, 9.17) is 10.9 Å². The molecule has 18 heavy (non-hydrogen) atoms. The molecular formula is C12H19N3O2S. The highest BCUT2D eigenvalue weighted by Crippen LogP contribution is 2.09. The average molecular weight is 269 g/mol. The van der Waals surface area contributed by atoms with Crippen LogP contribution in [0.4, 0.5) is 0 Å². The van der Waals surface area contributed by atoms with Gasteiger partial charge in [-0.1, -0.05) is 12.1 Å². The Bertz CT molecular complexity index is 403. The molecule has 1 rings (SSSR count). The van der Waals surface area contributed by atoms with Crippen LogP contribution in [0.5, 0.6) is 0 Å². The molecule has 0 aromatic carbocycles. The lowest BCUT2D eigenvalue weighted by Crippen LogP contribution is -2.39. The maximum Gasteiger partial charge on any atom is 0.227 e. The minimum atomic E-state index is -0.152. The van der Waals surface area contributed by atoms with Gasteiger partial charge in [-0.05, 0) is 29.3 Å². The Balaban J connectivity index is 2.57. The summed E-state index contributed by atoms with van der Waals surface area (Å²) in [5.41, 5.74) is 6.55. The summed E-state index contributed by atoms with van der Waals surface area (Å²) in [5.74, 6) is 0.0617. The van der Waals surface area contributed by atoms with Gasteiger partial charge in [0.2, 0.25) is 5.91 Å². The third-order valence-corrected chi connectivity index (χ3v) is 3.52. The second kappa shape index (κ2) is 7.00. The van der Waals surface area contributed by atoms with E-state index in [1.807, 2.05) is 30.7 Å². The lowest BCUT2D eigenvalue weighted by molar-refractivity contribution is -0.130. The predicted molar refractivity (Wildman–Crippen MR) is 72.8 cm³/mol. The Morgan fingerprint density at radius 3 is 2.89 bits per heavy atom. The molecule has 0 fully saturated rings. The molecule has 1 atom stereocenters. The van der Waals surface area contributed by atoms with Crippen LogP contribution in [-0.4, -0.2) is 34.9 Å². The third kappa shape index (κ3) is 4.03. The summed E-state index contributed by atoms with van der Waals surface area (Å²) in [7, 11) is 0. The fraction of sp³-hybridized carbons (Fsp3) is 0.500. The Hall–Kier alpha value is -1.56. The standard InChI is InChI=1S/C12H19N3O2S/c1-3-15(7-9(2)12(13)14-17)11(16)6-10-4-5-18-8-10/h4-5,8-9,17H,3,6-7H2,1-2H3,(H2,13,14). The SMILES string of the molecule is CCN(CC(C)C(N)=NO)C(=O)Cc1ccsc1. The number of amides is 1. The van der Waals surface area contributed by atoms with Crippen molar-refractivity contribution in [2.75, 3.05) is 13.1 Å². The van der Waals surface area contributed by atoms with Gasteiger partial charge in [0, 0.05) is 19.0 Å². The molecule has 0 bridgehead atoms. The van der Waals surface area contributed by atoms with Crippen LogP contribution >= 0.6 is 11.3 Å². The number of oxime groups is 1. The molecule has 3 N–H and O–H groups in total. The van der Waals surface area contributed by atoms with Crippen molar-refractivity contribution >= 4 is 23.1 Å². The summed E-state index contributed by atoms with van der Waals surface area (Å²) in [4.78, 5) is 13.8. The molecule has 100 valence electrons. The molecule has 1 heterocycles. The lowest BCUT2D eigenvalue weighted by atomic mass is 10.1. The number of hydrogen-bond acceptors (Lipinski definition) is 4. The molecule has 0 saturated carbocycles. The van der Waals surface area contributed by atoms with E-state index in [0.29, 0.717) is 19.5 Å². The van der Waals surface area contributed by atoms with Crippen LogP contribution < -0.4 is 5.73 Å². The van der Waals surface area contributed by atoms with Gasteiger partial charge in [-0.25, -0.2) is 0 Å². The lowest BCUT2D eigenvalue weighted by Gasteiger charge is -2.24. The first kappa shape index (κ1) is 14.5. The number of carbonyl (C=O) groups excluding carboxylic acids is 1. The van der Waals surface area contributed by atoms with Gasteiger partial charge < -0.3 is 15.8 Å². The van der Waals surface area contributed by atoms with Gasteiger partial charge in [-0.3, -0.25) is 4.79 Å². The van der Waals surface area contributed by atoms with Crippen molar-refractivity contribution in [2.45, 2.75) is 20.3 Å². The molecule has 0 aliphatic rings. The molecule has 1 aromatic heterocycles. The zero-order valence-electron chi connectivity index (χ0n) is 10.7. The molecule has 0 radical (unpaired) electrons. The third-order valence-electron chi connectivity index (χ3n) is 2.78. The number of carbonyl (C=O) groups is 1. The van der Waals surface area contributed by atoms with Crippen LogP contribution in [-0.2, 0) is 11.2 Å². The molecule has 1 aromatic rings. The van der Waals surface area contributed by atoms with Gasteiger partial charge in [0.05, 0.1) is 6.42 Å². The summed E-state index contributed by atoms with van der Waals surface area (Å²) in [6.07, 6.45) is 0.403. The number of nitrogens with two attached hydrogens (primary N) is 1. The number of thiophene rings is 1. The van der Waals surface area contributed by atoms with E-state index in [1.54, 1.807) is 16.2 Å². The van der Waals surface area contributed by atoms with Crippen molar-refractivity contribution in [3.05, 3.63) is 22.4 Å². The zero-order valence-corrected chi connectivity index (χ0v) is 11.5. The van der Waals surface area contributed by atoms with E-state index in [9.17, 15) is 4.79 Å². The Morgan fingerprint density at radius 2 is 2.39 bits per heavy atom. The van der Waals surface area contributed by atoms with Crippen LogP contribution in [0.25, 0.3) is 0 Å². The van der Waals surface area contributed by atoms with Crippen LogP contribution in [0.1, 0.15) is 19.4 Å². The van der Waals surface area contributed by atoms with E-state index in [0.717, 1.165) is 5.56 Å². The van der Waals surface area contributed by atoms with Gasteiger partial charge in [0.1, 0.15) is 5.84 Å². The number of likely N-dealkylation sites (N-methyl/N-ethyl adjacent to an activating group) is 1. The van der Waals surface area contributed by atoms with Crippen LogP contribution in [0, 0.1) is 5.92 Å². The predicted octanol–water partition coefficient (Wildman–Crippen LogP) is 1.52. The smallest absolute Gasteiger partial charge is 0.227 e.